The highest BCUT2D eigenvalue weighted by atomic mass is 32.1. The topological polar surface area (TPSA) is 72.7 Å². The maximum absolute atomic E-state index is 12.5. The highest BCUT2D eigenvalue weighted by Crippen LogP contribution is 2.26. The van der Waals surface area contributed by atoms with Crippen LogP contribution in [0, 0.1) is 0 Å². The van der Waals surface area contributed by atoms with Crippen molar-refractivity contribution >= 4 is 33.0 Å². The SMILES string of the molecule is Cn1nnnc1-c1cccc(NC(=O)c2cc3ccccc3s2)c1. The van der Waals surface area contributed by atoms with E-state index < -0.39 is 0 Å². The summed E-state index contributed by atoms with van der Waals surface area (Å²) in [6.45, 7) is 0. The van der Waals surface area contributed by atoms with Crippen LogP contribution in [-0.2, 0) is 7.05 Å². The Kier molecular flexibility index (Phi) is 3.55. The Morgan fingerprint density at radius 3 is 2.79 bits per heavy atom. The molecule has 4 aromatic rings. The van der Waals surface area contributed by atoms with Gasteiger partial charge >= 0.3 is 0 Å². The molecular formula is C17H13N5OS. The number of rotatable bonds is 3. The van der Waals surface area contributed by atoms with Gasteiger partial charge in [0.25, 0.3) is 5.91 Å². The molecule has 2 heterocycles. The van der Waals surface area contributed by atoms with Gasteiger partial charge in [-0.3, -0.25) is 4.79 Å². The Morgan fingerprint density at radius 1 is 1.12 bits per heavy atom. The number of carbonyl (C=O) groups excluding carboxylic acids is 1. The predicted octanol–water partition coefficient (Wildman–Crippen LogP) is 3.34. The van der Waals surface area contributed by atoms with Crippen LogP contribution in [0.1, 0.15) is 9.67 Å². The fraction of sp³-hybridized carbons (Fsp3) is 0.0588. The van der Waals surface area contributed by atoms with Crippen LogP contribution in [0.15, 0.2) is 54.6 Å². The third kappa shape index (κ3) is 2.65. The molecule has 0 unspecified atom stereocenters. The van der Waals surface area contributed by atoms with Crippen LogP contribution in [-0.4, -0.2) is 26.1 Å². The van der Waals surface area contributed by atoms with Crippen LogP contribution in [0.2, 0.25) is 0 Å². The van der Waals surface area contributed by atoms with E-state index in [2.05, 4.69) is 20.8 Å². The van der Waals surface area contributed by atoms with E-state index in [1.165, 1.54) is 11.3 Å². The molecule has 4 rings (SSSR count). The number of tetrazole rings is 1. The van der Waals surface area contributed by atoms with Gasteiger partial charge in [-0.05, 0) is 40.1 Å². The molecule has 0 radical (unpaired) electrons. The summed E-state index contributed by atoms with van der Waals surface area (Å²) in [5, 5.41) is 15.5. The zero-order valence-electron chi connectivity index (χ0n) is 12.8. The van der Waals surface area contributed by atoms with Crippen LogP contribution >= 0.6 is 11.3 Å². The summed E-state index contributed by atoms with van der Waals surface area (Å²) in [7, 11) is 1.78. The van der Waals surface area contributed by atoms with E-state index in [0.717, 1.165) is 15.6 Å². The number of aromatic nitrogens is 4. The first-order chi connectivity index (χ1) is 11.7. The van der Waals surface area contributed by atoms with Crippen molar-refractivity contribution in [3.63, 3.8) is 0 Å². The van der Waals surface area contributed by atoms with Gasteiger partial charge in [-0.25, -0.2) is 4.68 Å². The summed E-state index contributed by atoms with van der Waals surface area (Å²) in [5.41, 5.74) is 1.55. The van der Waals surface area contributed by atoms with Crippen molar-refractivity contribution < 1.29 is 4.79 Å². The van der Waals surface area contributed by atoms with Gasteiger partial charge in [0.05, 0.1) is 4.88 Å². The van der Waals surface area contributed by atoms with E-state index in [0.29, 0.717) is 16.4 Å². The van der Waals surface area contributed by atoms with Gasteiger partial charge in [0.2, 0.25) is 0 Å². The molecule has 2 aromatic heterocycles. The number of benzene rings is 2. The standard InChI is InChI=1S/C17H13N5OS/c1-22-16(19-20-21-22)12-6-4-7-13(9-12)18-17(23)15-10-11-5-2-3-8-14(11)24-15/h2-10H,1H3,(H,18,23). The quantitative estimate of drug-likeness (QED) is 0.623. The molecule has 0 saturated heterocycles. The largest absolute Gasteiger partial charge is 0.321 e. The van der Waals surface area contributed by atoms with E-state index >= 15 is 0 Å². The zero-order valence-corrected chi connectivity index (χ0v) is 13.6. The van der Waals surface area contributed by atoms with Crippen LogP contribution in [0.3, 0.4) is 0 Å². The first-order valence-corrected chi connectivity index (χ1v) is 8.15. The van der Waals surface area contributed by atoms with Gasteiger partial charge in [-0.2, -0.15) is 0 Å². The molecule has 0 aliphatic rings. The van der Waals surface area contributed by atoms with E-state index in [1.54, 1.807) is 11.7 Å². The highest BCUT2D eigenvalue weighted by molar-refractivity contribution is 7.20. The molecule has 0 aliphatic carbocycles. The second-order valence-electron chi connectivity index (χ2n) is 5.31. The van der Waals surface area contributed by atoms with E-state index in [9.17, 15) is 4.79 Å². The Hall–Kier alpha value is -3.06. The summed E-state index contributed by atoms with van der Waals surface area (Å²) >= 11 is 1.48. The first-order valence-electron chi connectivity index (χ1n) is 7.33. The fourth-order valence-corrected chi connectivity index (χ4v) is 3.45. The van der Waals surface area contributed by atoms with Crippen molar-refractivity contribution in [1.29, 1.82) is 0 Å². The molecular weight excluding hydrogens is 322 g/mol. The maximum Gasteiger partial charge on any atom is 0.265 e. The minimum Gasteiger partial charge on any atom is -0.321 e. The number of hydrogen-bond donors (Lipinski definition) is 1. The van der Waals surface area contributed by atoms with Crippen LogP contribution < -0.4 is 5.32 Å². The molecule has 1 amide bonds. The highest BCUT2D eigenvalue weighted by Gasteiger charge is 2.12. The maximum atomic E-state index is 12.5. The number of carbonyl (C=O) groups is 1. The van der Waals surface area contributed by atoms with E-state index in [-0.39, 0.29) is 5.91 Å². The Bertz CT molecular complexity index is 1000. The summed E-state index contributed by atoms with van der Waals surface area (Å²) < 4.78 is 2.69. The average Bonchev–Trinajstić information content (AvgIpc) is 3.21. The Labute approximate surface area is 141 Å². The second-order valence-corrected chi connectivity index (χ2v) is 6.39. The molecule has 7 heteroatoms. The molecule has 2 aromatic carbocycles. The minimum atomic E-state index is -0.121. The van der Waals surface area contributed by atoms with E-state index in [4.69, 9.17) is 0 Å². The third-order valence-electron chi connectivity index (χ3n) is 3.65. The Balaban J connectivity index is 1.61. The molecule has 0 fully saturated rings. The lowest BCUT2D eigenvalue weighted by atomic mass is 10.2. The van der Waals surface area contributed by atoms with Crippen molar-refractivity contribution in [2.75, 3.05) is 5.32 Å². The minimum absolute atomic E-state index is 0.121. The summed E-state index contributed by atoms with van der Waals surface area (Å²) in [5.74, 6) is 0.525. The van der Waals surface area contributed by atoms with Gasteiger partial charge in [0.1, 0.15) is 0 Å². The Morgan fingerprint density at radius 2 is 2.00 bits per heavy atom. The molecule has 118 valence electrons. The fourth-order valence-electron chi connectivity index (χ4n) is 2.50. The number of thiophene rings is 1. The second kappa shape index (κ2) is 5.86. The van der Waals surface area contributed by atoms with Gasteiger partial charge < -0.3 is 5.32 Å². The molecule has 24 heavy (non-hydrogen) atoms. The van der Waals surface area contributed by atoms with Crippen molar-refractivity contribution in [3.05, 3.63) is 59.5 Å². The first kappa shape index (κ1) is 14.5. The van der Waals surface area contributed by atoms with Crippen molar-refractivity contribution in [3.8, 4) is 11.4 Å². The number of anilines is 1. The van der Waals surface area contributed by atoms with Crippen molar-refractivity contribution in [2.45, 2.75) is 0 Å². The smallest absolute Gasteiger partial charge is 0.265 e. The molecule has 0 spiro atoms. The van der Waals surface area contributed by atoms with Gasteiger partial charge in [0.15, 0.2) is 5.82 Å². The summed E-state index contributed by atoms with van der Waals surface area (Å²) in [4.78, 5) is 13.2. The number of amides is 1. The number of nitrogens with zero attached hydrogens (tertiary/aromatic N) is 4. The summed E-state index contributed by atoms with van der Waals surface area (Å²) in [6.07, 6.45) is 0. The van der Waals surface area contributed by atoms with Crippen LogP contribution in [0.5, 0.6) is 0 Å². The molecule has 0 atom stereocenters. The normalized spacial score (nSPS) is 10.9. The number of fused-ring (bicyclic) bond motifs is 1. The monoisotopic (exact) mass is 335 g/mol. The predicted molar refractivity (Wildman–Crippen MR) is 94.0 cm³/mol. The third-order valence-corrected chi connectivity index (χ3v) is 4.76. The van der Waals surface area contributed by atoms with Gasteiger partial charge in [0, 0.05) is 23.0 Å². The zero-order chi connectivity index (χ0) is 16.5. The summed E-state index contributed by atoms with van der Waals surface area (Å²) in [6, 6.07) is 17.3. The van der Waals surface area contributed by atoms with Crippen molar-refractivity contribution in [1.82, 2.24) is 20.2 Å². The molecule has 0 saturated carbocycles. The number of nitrogens with one attached hydrogen (secondary N) is 1. The lowest BCUT2D eigenvalue weighted by molar-refractivity contribution is 0.103. The lowest BCUT2D eigenvalue weighted by Gasteiger charge is -2.05. The number of aryl methyl sites for hydroxylation is 1. The van der Waals surface area contributed by atoms with Crippen LogP contribution in [0.25, 0.3) is 21.5 Å². The van der Waals surface area contributed by atoms with Gasteiger partial charge in [-0.15, -0.1) is 16.4 Å². The van der Waals surface area contributed by atoms with E-state index in [1.807, 2.05) is 54.6 Å². The molecule has 6 nitrogen and oxygen atoms in total. The lowest BCUT2D eigenvalue weighted by Crippen LogP contribution is -2.10. The average molecular weight is 335 g/mol. The molecule has 1 N–H and O–H groups in total. The molecule has 0 aliphatic heterocycles. The van der Waals surface area contributed by atoms with Gasteiger partial charge in [-0.1, -0.05) is 30.3 Å². The van der Waals surface area contributed by atoms with Crippen molar-refractivity contribution in [2.24, 2.45) is 7.05 Å². The molecule has 0 bridgehead atoms. The number of hydrogen-bond acceptors (Lipinski definition) is 5. The van der Waals surface area contributed by atoms with Crippen LogP contribution in [0.4, 0.5) is 5.69 Å².